The van der Waals surface area contributed by atoms with Gasteiger partial charge in [-0.05, 0) is 22.4 Å². The summed E-state index contributed by atoms with van der Waals surface area (Å²) < 4.78 is 144. The van der Waals surface area contributed by atoms with Crippen LogP contribution in [-0.2, 0) is 0 Å². The van der Waals surface area contributed by atoms with Gasteiger partial charge >= 0.3 is 29.9 Å². The first-order valence-electron chi connectivity index (χ1n) is 7.23. The quantitative estimate of drug-likeness (QED) is 0.584. The molecule has 1 unspecified atom stereocenters. The molecular formula is C16H9F11O. The normalized spacial score (nSPS) is 15.7. The topological polar surface area (TPSA) is 20.2 Å². The van der Waals surface area contributed by atoms with Crippen LogP contribution in [-0.4, -0.2) is 35.0 Å². The Morgan fingerprint density at radius 1 is 0.607 bits per heavy atom. The fourth-order valence-corrected chi connectivity index (χ4v) is 2.34. The van der Waals surface area contributed by atoms with Gasteiger partial charge in [-0.1, -0.05) is 36.4 Å². The van der Waals surface area contributed by atoms with E-state index in [1.54, 1.807) is 0 Å². The third kappa shape index (κ3) is 3.07. The molecule has 2 aromatic rings. The predicted octanol–water partition coefficient (Wildman–Crippen LogP) is 5.98. The summed E-state index contributed by atoms with van der Waals surface area (Å²) in [5, 5.41) is 9.94. The number of hydrogen-bond donors (Lipinski definition) is 1. The van der Waals surface area contributed by atoms with Crippen molar-refractivity contribution in [1.82, 2.24) is 0 Å². The van der Waals surface area contributed by atoms with Gasteiger partial charge in [0.1, 0.15) is 6.10 Å². The first-order valence-corrected chi connectivity index (χ1v) is 7.23. The van der Waals surface area contributed by atoms with Gasteiger partial charge in [0.2, 0.25) is 0 Å². The predicted molar refractivity (Wildman–Crippen MR) is 74.8 cm³/mol. The molecule has 0 fully saturated rings. The molecule has 1 N–H and O–H groups in total. The number of hydrogen-bond acceptors (Lipinski definition) is 1. The number of halogens is 11. The van der Waals surface area contributed by atoms with Crippen molar-refractivity contribution >= 4 is 10.8 Å². The summed E-state index contributed by atoms with van der Waals surface area (Å²) >= 11 is 0. The molecule has 1 nitrogen and oxygen atoms in total. The summed E-state index contributed by atoms with van der Waals surface area (Å²) in [7, 11) is 0. The minimum Gasteiger partial charge on any atom is -0.382 e. The largest absolute Gasteiger partial charge is 0.460 e. The smallest absolute Gasteiger partial charge is 0.382 e. The fourth-order valence-electron chi connectivity index (χ4n) is 2.34. The highest BCUT2D eigenvalue weighted by atomic mass is 19.4. The first-order chi connectivity index (χ1) is 12.5. The summed E-state index contributed by atoms with van der Waals surface area (Å²) in [6, 6.07) is 7.93. The Hall–Kier alpha value is -2.11. The van der Waals surface area contributed by atoms with E-state index < -0.39 is 41.5 Å². The Bertz CT molecular complexity index is 857. The van der Waals surface area contributed by atoms with E-state index in [-0.39, 0.29) is 5.39 Å². The van der Waals surface area contributed by atoms with E-state index in [0.717, 1.165) is 6.07 Å². The van der Waals surface area contributed by atoms with Crippen LogP contribution in [0.4, 0.5) is 48.3 Å². The maximum absolute atomic E-state index is 13.9. The van der Waals surface area contributed by atoms with Gasteiger partial charge in [0, 0.05) is 0 Å². The number of benzene rings is 2. The van der Waals surface area contributed by atoms with E-state index in [2.05, 4.69) is 0 Å². The van der Waals surface area contributed by atoms with Crippen LogP contribution < -0.4 is 0 Å². The molecule has 0 aromatic heterocycles. The number of rotatable bonds is 5. The zero-order chi connectivity index (χ0) is 21.8. The second kappa shape index (κ2) is 6.46. The molecular weight excluding hydrogens is 417 g/mol. The highest BCUT2D eigenvalue weighted by Gasteiger charge is 2.88. The standard InChI is InChI=1S/C16H9F11O/c17-12(18,13(19,20)14(21,22)15(23,24)16(25,26)27)11(28)10-6-5-8-3-1-2-4-9(8)7-10/h1-7,11,28H. The number of alkyl halides is 11. The minimum absolute atomic E-state index is 0.0885. The summed E-state index contributed by atoms with van der Waals surface area (Å²) in [6.07, 6.45) is -11.0. The molecule has 0 saturated heterocycles. The van der Waals surface area contributed by atoms with Crippen LogP contribution in [0.2, 0.25) is 0 Å². The summed E-state index contributed by atoms with van der Waals surface area (Å²) in [5.41, 5.74) is -1.09. The molecule has 0 aliphatic carbocycles. The van der Waals surface area contributed by atoms with Crippen molar-refractivity contribution in [3.63, 3.8) is 0 Å². The molecule has 28 heavy (non-hydrogen) atoms. The Balaban J connectivity index is 2.52. The third-order valence-electron chi connectivity index (χ3n) is 4.00. The SMILES string of the molecule is OC(c1ccc2ccccc2c1)C(F)(F)C(F)(F)C(F)(F)C(F)(F)C(F)(F)F. The maximum atomic E-state index is 13.9. The number of fused-ring (bicyclic) bond motifs is 1. The van der Waals surface area contributed by atoms with Crippen molar-refractivity contribution in [3.8, 4) is 0 Å². The Labute approximate surface area is 149 Å². The van der Waals surface area contributed by atoms with Crippen LogP contribution in [0.25, 0.3) is 10.8 Å². The lowest BCUT2D eigenvalue weighted by Gasteiger charge is -2.38. The number of aliphatic hydroxyl groups excluding tert-OH is 1. The van der Waals surface area contributed by atoms with E-state index in [0.29, 0.717) is 17.5 Å². The molecule has 0 radical (unpaired) electrons. The Kier molecular flexibility index (Phi) is 5.12. The fraction of sp³-hybridized carbons (Fsp3) is 0.375. The molecule has 0 spiro atoms. The lowest BCUT2D eigenvalue weighted by Crippen LogP contribution is -2.67. The third-order valence-corrected chi connectivity index (χ3v) is 4.00. The van der Waals surface area contributed by atoms with Crippen LogP contribution in [0.3, 0.4) is 0 Å². The van der Waals surface area contributed by atoms with E-state index in [4.69, 9.17) is 0 Å². The molecule has 2 rings (SSSR count). The zero-order valence-electron chi connectivity index (χ0n) is 13.2. The summed E-state index contributed by atoms with van der Waals surface area (Å²) in [5.74, 6) is -28.7. The van der Waals surface area contributed by atoms with Gasteiger partial charge in [-0.2, -0.15) is 48.3 Å². The molecule has 12 heteroatoms. The van der Waals surface area contributed by atoms with Crippen LogP contribution in [0.5, 0.6) is 0 Å². The lowest BCUT2D eigenvalue weighted by molar-refractivity contribution is -0.429. The second-order valence-corrected chi connectivity index (χ2v) is 5.85. The molecule has 0 aliphatic rings. The highest BCUT2D eigenvalue weighted by Crippen LogP contribution is 2.59. The van der Waals surface area contributed by atoms with E-state index in [9.17, 15) is 53.4 Å². The van der Waals surface area contributed by atoms with E-state index >= 15 is 0 Å². The van der Waals surface area contributed by atoms with Crippen molar-refractivity contribution in [1.29, 1.82) is 0 Å². The van der Waals surface area contributed by atoms with E-state index in [1.807, 2.05) is 0 Å². The minimum atomic E-state index is -7.56. The monoisotopic (exact) mass is 426 g/mol. The van der Waals surface area contributed by atoms with Gasteiger partial charge in [-0.3, -0.25) is 0 Å². The average Bonchev–Trinajstić information content (AvgIpc) is 2.59. The van der Waals surface area contributed by atoms with Crippen molar-refractivity contribution in [2.45, 2.75) is 36.0 Å². The highest BCUT2D eigenvalue weighted by molar-refractivity contribution is 5.83. The summed E-state index contributed by atoms with van der Waals surface area (Å²) in [6.45, 7) is 0. The van der Waals surface area contributed by atoms with Crippen LogP contribution in [0.15, 0.2) is 42.5 Å². The van der Waals surface area contributed by atoms with Gasteiger partial charge in [0.05, 0.1) is 0 Å². The van der Waals surface area contributed by atoms with Crippen LogP contribution in [0, 0.1) is 0 Å². The van der Waals surface area contributed by atoms with E-state index in [1.165, 1.54) is 24.3 Å². The van der Waals surface area contributed by atoms with Gasteiger partial charge in [-0.25, -0.2) is 0 Å². The Morgan fingerprint density at radius 3 is 1.61 bits per heavy atom. The molecule has 2 aromatic carbocycles. The van der Waals surface area contributed by atoms with Crippen molar-refractivity contribution in [2.75, 3.05) is 0 Å². The Morgan fingerprint density at radius 2 is 1.11 bits per heavy atom. The zero-order valence-corrected chi connectivity index (χ0v) is 13.2. The van der Waals surface area contributed by atoms with Gasteiger partial charge in [-0.15, -0.1) is 0 Å². The average molecular weight is 426 g/mol. The van der Waals surface area contributed by atoms with Gasteiger partial charge in [0.25, 0.3) is 0 Å². The molecule has 0 heterocycles. The summed E-state index contributed by atoms with van der Waals surface area (Å²) in [4.78, 5) is 0. The van der Waals surface area contributed by atoms with Crippen LogP contribution in [0.1, 0.15) is 11.7 Å². The molecule has 1 atom stereocenters. The molecule has 0 saturated carbocycles. The van der Waals surface area contributed by atoms with Crippen molar-refractivity contribution in [3.05, 3.63) is 48.0 Å². The van der Waals surface area contributed by atoms with Crippen molar-refractivity contribution < 1.29 is 53.4 Å². The first kappa shape index (κ1) is 22.2. The lowest BCUT2D eigenvalue weighted by atomic mass is 9.90. The second-order valence-electron chi connectivity index (χ2n) is 5.85. The molecule has 0 amide bonds. The van der Waals surface area contributed by atoms with Crippen molar-refractivity contribution in [2.24, 2.45) is 0 Å². The van der Waals surface area contributed by atoms with Gasteiger partial charge in [0.15, 0.2) is 0 Å². The molecule has 0 bridgehead atoms. The molecule has 156 valence electrons. The van der Waals surface area contributed by atoms with Crippen LogP contribution >= 0.6 is 0 Å². The number of aliphatic hydroxyl groups is 1. The molecule has 0 aliphatic heterocycles. The maximum Gasteiger partial charge on any atom is 0.460 e. The van der Waals surface area contributed by atoms with Gasteiger partial charge < -0.3 is 5.11 Å².